The molecular formula is C29H32N4O4. The molecule has 0 radical (unpaired) electrons. The number of fused-ring (bicyclic) bond motifs is 1. The molecule has 0 fully saturated rings. The van der Waals surface area contributed by atoms with E-state index < -0.39 is 12.0 Å². The van der Waals surface area contributed by atoms with Crippen molar-refractivity contribution in [2.75, 3.05) is 26.1 Å². The van der Waals surface area contributed by atoms with Crippen molar-refractivity contribution in [3.63, 3.8) is 0 Å². The van der Waals surface area contributed by atoms with Crippen LogP contribution in [0.5, 0.6) is 11.5 Å². The molecule has 5 N–H and O–H groups in total. The molecule has 1 heterocycles. The summed E-state index contributed by atoms with van der Waals surface area (Å²) in [6, 6.07) is 19.1. The van der Waals surface area contributed by atoms with E-state index in [1.165, 1.54) is 6.20 Å². The van der Waals surface area contributed by atoms with Gasteiger partial charge in [0.2, 0.25) is 0 Å². The van der Waals surface area contributed by atoms with Crippen LogP contribution in [0.25, 0.3) is 10.9 Å². The third-order valence-corrected chi connectivity index (χ3v) is 6.36. The van der Waals surface area contributed by atoms with Crippen LogP contribution < -0.4 is 25.8 Å². The maximum Gasteiger partial charge on any atom is 0.252 e. The Balaban J connectivity index is 1.65. The van der Waals surface area contributed by atoms with Crippen molar-refractivity contribution in [2.24, 2.45) is 5.73 Å². The van der Waals surface area contributed by atoms with Crippen LogP contribution in [0.2, 0.25) is 0 Å². The number of hydrogen-bond acceptors (Lipinski definition) is 7. The maximum absolute atomic E-state index is 12.3. The molecule has 0 saturated heterocycles. The fraction of sp³-hybridized carbons (Fsp3) is 0.241. The number of primary amides is 1. The summed E-state index contributed by atoms with van der Waals surface area (Å²) in [4.78, 5) is 16.8. The first kappa shape index (κ1) is 25.9. The molecular weight excluding hydrogens is 468 g/mol. The van der Waals surface area contributed by atoms with Crippen molar-refractivity contribution in [1.82, 2.24) is 10.3 Å². The van der Waals surface area contributed by atoms with Gasteiger partial charge < -0.3 is 30.9 Å². The number of nitrogens with one attached hydrogen (secondary N) is 2. The highest BCUT2D eigenvalue weighted by Gasteiger charge is 2.18. The average molecular weight is 501 g/mol. The molecule has 0 aliphatic heterocycles. The van der Waals surface area contributed by atoms with Crippen LogP contribution in [0.3, 0.4) is 0 Å². The topological polar surface area (TPSA) is 119 Å². The number of aliphatic hydroxyl groups is 1. The van der Waals surface area contributed by atoms with Crippen molar-refractivity contribution in [1.29, 1.82) is 0 Å². The predicted octanol–water partition coefficient (Wildman–Crippen LogP) is 4.48. The van der Waals surface area contributed by atoms with Gasteiger partial charge in [-0.15, -0.1) is 0 Å². The Morgan fingerprint density at radius 2 is 1.78 bits per heavy atom. The van der Waals surface area contributed by atoms with E-state index in [1.807, 2.05) is 42.5 Å². The van der Waals surface area contributed by atoms with Crippen molar-refractivity contribution >= 4 is 28.2 Å². The van der Waals surface area contributed by atoms with E-state index in [0.29, 0.717) is 41.2 Å². The number of nitrogens with zero attached hydrogens (tertiary/aromatic N) is 1. The second-order valence-electron chi connectivity index (χ2n) is 8.61. The Bertz CT molecular complexity index is 1390. The first-order valence-corrected chi connectivity index (χ1v) is 12.1. The van der Waals surface area contributed by atoms with Crippen molar-refractivity contribution in [2.45, 2.75) is 26.0 Å². The number of rotatable bonds is 11. The van der Waals surface area contributed by atoms with E-state index in [0.717, 1.165) is 28.8 Å². The molecule has 0 spiro atoms. The zero-order chi connectivity index (χ0) is 26.4. The number of hydrogen-bond donors (Lipinski definition) is 4. The molecule has 37 heavy (non-hydrogen) atoms. The highest BCUT2D eigenvalue weighted by Crippen LogP contribution is 2.37. The lowest BCUT2D eigenvalue weighted by molar-refractivity contribution is 0.100. The third kappa shape index (κ3) is 5.66. The molecule has 0 saturated carbocycles. The number of aromatic nitrogens is 1. The predicted molar refractivity (Wildman–Crippen MR) is 146 cm³/mol. The minimum Gasteiger partial charge on any atom is -0.493 e. The van der Waals surface area contributed by atoms with E-state index in [-0.39, 0.29) is 5.56 Å². The van der Waals surface area contributed by atoms with Gasteiger partial charge in [-0.1, -0.05) is 49.4 Å². The van der Waals surface area contributed by atoms with Crippen LogP contribution in [0.4, 0.5) is 11.4 Å². The number of pyridine rings is 1. The number of amides is 1. The minimum atomic E-state index is -0.596. The number of carbonyl (C=O) groups excluding carboxylic acids is 1. The molecule has 8 nitrogen and oxygen atoms in total. The zero-order valence-corrected chi connectivity index (χ0v) is 21.2. The Labute approximate surface area is 216 Å². The summed E-state index contributed by atoms with van der Waals surface area (Å²) in [5.74, 6) is 0.477. The quantitative estimate of drug-likeness (QED) is 0.240. The molecule has 4 rings (SSSR count). The SMILES string of the molecule is CCc1c(CNCC(O)c2ccccc2)cccc1Nc1c(C(N)=O)cnc2cc(OC)c(OC)cc12. The standard InChI is InChI=1S/C29H32N4O4/c1-4-20-19(15-31-17-25(34)18-9-6-5-7-10-18)11-8-12-23(20)33-28-21-13-26(36-2)27(37-3)14-24(21)32-16-22(28)29(30)35/h5-14,16,25,31,34H,4,15,17H2,1-3H3,(H2,30,35)(H,32,33). The highest BCUT2D eigenvalue weighted by atomic mass is 16.5. The number of methoxy groups -OCH3 is 2. The summed E-state index contributed by atoms with van der Waals surface area (Å²) < 4.78 is 10.9. The zero-order valence-electron chi connectivity index (χ0n) is 21.2. The summed E-state index contributed by atoms with van der Waals surface area (Å²) in [7, 11) is 3.12. The first-order valence-electron chi connectivity index (χ1n) is 12.1. The lowest BCUT2D eigenvalue weighted by Gasteiger charge is -2.19. The number of nitrogens with two attached hydrogens (primary N) is 1. The average Bonchev–Trinajstić information content (AvgIpc) is 2.92. The molecule has 4 aromatic rings. The van der Waals surface area contributed by atoms with Gasteiger partial charge in [-0.3, -0.25) is 9.78 Å². The van der Waals surface area contributed by atoms with Crippen LogP contribution in [0.1, 0.15) is 40.1 Å². The van der Waals surface area contributed by atoms with E-state index >= 15 is 0 Å². The number of aliphatic hydroxyl groups excluding tert-OH is 1. The minimum absolute atomic E-state index is 0.274. The molecule has 1 atom stereocenters. The number of anilines is 2. The van der Waals surface area contributed by atoms with Crippen LogP contribution in [-0.4, -0.2) is 36.8 Å². The molecule has 1 unspecified atom stereocenters. The highest BCUT2D eigenvalue weighted by molar-refractivity contribution is 6.08. The van der Waals surface area contributed by atoms with Crippen molar-refractivity contribution < 1.29 is 19.4 Å². The molecule has 8 heteroatoms. The molecule has 0 bridgehead atoms. The van der Waals surface area contributed by atoms with Gasteiger partial charge in [0.15, 0.2) is 11.5 Å². The van der Waals surface area contributed by atoms with Gasteiger partial charge in [0.25, 0.3) is 5.91 Å². The van der Waals surface area contributed by atoms with Gasteiger partial charge in [-0.25, -0.2) is 0 Å². The van der Waals surface area contributed by atoms with Crippen LogP contribution in [0, 0.1) is 0 Å². The molecule has 1 amide bonds. The normalized spacial score (nSPS) is 11.8. The van der Waals surface area contributed by atoms with Crippen molar-refractivity contribution in [3.05, 3.63) is 89.1 Å². The molecule has 1 aromatic heterocycles. The van der Waals surface area contributed by atoms with Gasteiger partial charge in [0.05, 0.1) is 37.1 Å². The van der Waals surface area contributed by atoms with Gasteiger partial charge in [0.1, 0.15) is 0 Å². The number of carbonyl (C=O) groups is 1. The molecule has 0 aliphatic carbocycles. The second-order valence-corrected chi connectivity index (χ2v) is 8.61. The van der Waals surface area contributed by atoms with E-state index in [4.69, 9.17) is 15.2 Å². The fourth-order valence-corrected chi connectivity index (χ4v) is 4.45. The lowest BCUT2D eigenvalue weighted by atomic mass is 10.0. The maximum atomic E-state index is 12.3. The second kappa shape index (κ2) is 11.7. The molecule has 0 aliphatic rings. The summed E-state index contributed by atoms with van der Waals surface area (Å²) in [6.07, 6.45) is 1.63. The van der Waals surface area contributed by atoms with Crippen LogP contribution in [-0.2, 0) is 13.0 Å². The fourth-order valence-electron chi connectivity index (χ4n) is 4.45. The third-order valence-electron chi connectivity index (χ3n) is 6.36. The number of ether oxygens (including phenoxy) is 2. The van der Waals surface area contributed by atoms with Gasteiger partial charge in [-0.05, 0) is 35.2 Å². The molecule has 192 valence electrons. The first-order chi connectivity index (χ1) is 18.0. The van der Waals surface area contributed by atoms with Gasteiger partial charge in [0, 0.05) is 36.4 Å². The van der Waals surface area contributed by atoms with Crippen molar-refractivity contribution in [3.8, 4) is 11.5 Å². The summed E-state index contributed by atoms with van der Waals surface area (Å²) >= 11 is 0. The lowest BCUT2D eigenvalue weighted by Crippen LogP contribution is -2.22. The van der Waals surface area contributed by atoms with E-state index in [2.05, 4.69) is 28.6 Å². The van der Waals surface area contributed by atoms with E-state index in [9.17, 15) is 9.90 Å². The Morgan fingerprint density at radius 3 is 2.46 bits per heavy atom. The number of benzene rings is 3. The van der Waals surface area contributed by atoms with Gasteiger partial charge in [-0.2, -0.15) is 0 Å². The summed E-state index contributed by atoms with van der Waals surface area (Å²) in [6.45, 7) is 3.08. The Kier molecular flexibility index (Phi) is 8.22. The largest absolute Gasteiger partial charge is 0.493 e. The smallest absolute Gasteiger partial charge is 0.252 e. The Morgan fingerprint density at radius 1 is 1.05 bits per heavy atom. The van der Waals surface area contributed by atoms with Crippen LogP contribution in [0.15, 0.2) is 66.9 Å². The van der Waals surface area contributed by atoms with Gasteiger partial charge >= 0.3 is 0 Å². The van der Waals surface area contributed by atoms with E-state index in [1.54, 1.807) is 26.4 Å². The molecule has 3 aromatic carbocycles. The van der Waals surface area contributed by atoms with Crippen LogP contribution >= 0.6 is 0 Å². The summed E-state index contributed by atoms with van der Waals surface area (Å²) in [5, 5.41) is 18.0. The monoisotopic (exact) mass is 500 g/mol. The summed E-state index contributed by atoms with van der Waals surface area (Å²) in [5.41, 5.74) is 11.1. The Hall–Kier alpha value is -4.14.